The van der Waals surface area contributed by atoms with Gasteiger partial charge in [0.15, 0.2) is 17.7 Å². The predicted molar refractivity (Wildman–Crippen MR) is 97.5 cm³/mol. The highest BCUT2D eigenvalue weighted by atomic mass is 16.6. The van der Waals surface area contributed by atoms with E-state index < -0.39 is 24.5 Å². The molecule has 4 heterocycles. The lowest BCUT2D eigenvalue weighted by Crippen LogP contribution is -2.35. The number of rotatable bonds is 7. The SMILES string of the molecule is CC(COC[C@H]1O[C@@H](n2cnc3c(N)ncnc32)[C@H](O)[C@@H]1O)Nn1ccnc1. The van der Waals surface area contributed by atoms with E-state index in [-0.39, 0.29) is 18.5 Å². The second-order valence-corrected chi connectivity index (χ2v) is 6.67. The summed E-state index contributed by atoms with van der Waals surface area (Å²) in [5, 5.41) is 20.8. The molecule has 1 aliphatic rings. The molecule has 0 radical (unpaired) electrons. The van der Waals surface area contributed by atoms with Crippen LogP contribution in [0.2, 0.25) is 0 Å². The molecule has 1 fully saturated rings. The van der Waals surface area contributed by atoms with Crippen molar-refractivity contribution in [2.45, 2.75) is 37.5 Å². The lowest BCUT2D eigenvalue weighted by atomic mass is 10.1. The summed E-state index contributed by atoms with van der Waals surface area (Å²) in [4.78, 5) is 16.1. The average molecular weight is 390 g/mol. The molecule has 3 aromatic rings. The number of aromatic nitrogens is 6. The molecule has 3 aromatic heterocycles. The van der Waals surface area contributed by atoms with Gasteiger partial charge in [0.2, 0.25) is 0 Å². The number of aliphatic hydroxyl groups excluding tert-OH is 2. The van der Waals surface area contributed by atoms with Gasteiger partial charge in [0, 0.05) is 12.4 Å². The Morgan fingerprint density at radius 2 is 2.14 bits per heavy atom. The number of anilines is 1. The molecule has 0 spiro atoms. The number of nitrogens with one attached hydrogen (secondary N) is 1. The van der Waals surface area contributed by atoms with Crippen molar-refractivity contribution >= 4 is 17.0 Å². The first kappa shape index (κ1) is 18.6. The van der Waals surface area contributed by atoms with Crippen LogP contribution in [0.1, 0.15) is 13.2 Å². The van der Waals surface area contributed by atoms with Crippen LogP contribution in [-0.4, -0.2) is 77.0 Å². The van der Waals surface area contributed by atoms with Crippen LogP contribution < -0.4 is 11.2 Å². The largest absolute Gasteiger partial charge is 0.387 e. The highest BCUT2D eigenvalue weighted by Gasteiger charge is 2.44. The Bertz CT molecular complexity index is 917. The summed E-state index contributed by atoms with van der Waals surface area (Å²) in [6.07, 6.45) is 4.03. The number of imidazole rings is 2. The van der Waals surface area contributed by atoms with Gasteiger partial charge in [-0.1, -0.05) is 0 Å². The van der Waals surface area contributed by atoms with Crippen molar-refractivity contribution in [3.05, 3.63) is 31.4 Å². The summed E-state index contributed by atoms with van der Waals surface area (Å²) in [6, 6.07) is 0.00531. The van der Waals surface area contributed by atoms with Gasteiger partial charge in [0.05, 0.1) is 25.6 Å². The van der Waals surface area contributed by atoms with Crippen LogP contribution in [0.15, 0.2) is 31.4 Å². The van der Waals surface area contributed by atoms with Gasteiger partial charge in [-0.25, -0.2) is 19.9 Å². The van der Waals surface area contributed by atoms with Gasteiger partial charge in [0.25, 0.3) is 0 Å². The van der Waals surface area contributed by atoms with Crippen molar-refractivity contribution in [2.75, 3.05) is 24.4 Å². The third-order valence-corrected chi connectivity index (χ3v) is 4.52. The molecule has 0 aromatic carbocycles. The quantitative estimate of drug-likeness (QED) is 0.389. The van der Waals surface area contributed by atoms with Crippen molar-refractivity contribution < 1.29 is 19.7 Å². The van der Waals surface area contributed by atoms with Gasteiger partial charge in [-0.05, 0) is 6.92 Å². The summed E-state index contributed by atoms with van der Waals surface area (Å²) >= 11 is 0. The number of aliphatic hydroxyl groups is 2. The van der Waals surface area contributed by atoms with Crippen molar-refractivity contribution in [3.8, 4) is 0 Å². The standard InChI is InChI=1S/C16H22N8O4/c1-9(22-23-3-2-18-7-23)4-27-5-10-12(25)13(26)16(28-10)24-8-21-11-14(17)19-6-20-15(11)24/h2-3,6-10,12-13,16,22,25-26H,4-5H2,1H3,(H2,17,19,20)/t9?,10-,12-,13-,16-/m1/s1. The van der Waals surface area contributed by atoms with Crippen LogP contribution in [0.5, 0.6) is 0 Å². The first-order valence-corrected chi connectivity index (χ1v) is 8.81. The molecule has 150 valence electrons. The van der Waals surface area contributed by atoms with Gasteiger partial charge in [-0.3, -0.25) is 9.24 Å². The Kier molecular flexibility index (Phi) is 5.09. The maximum Gasteiger partial charge on any atom is 0.167 e. The number of nitrogens with two attached hydrogens (primary N) is 1. The molecule has 1 unspecified atom stereocenters. The van der Waals surface area contributed by atoms with Crippen LogP contribution in [0, 0.1) is 0 Å². The highest BCUT2D eigenvalue weighted by molar-refractivity contribution is 5.81. The lowest BCUT2D eigenvalue weighted by molar-refractivity contribution is -0.0661. The average Bonchev–Trinajstić information content (AvgIpc) is 3.39. The summed E-state index contributed by atoms with van der Waals surface area (Å²) in [7, 11) is 0. The van der Waals surface area contributed by atoms with Crippen molar-refractivity contribution in [2.24, 2.45) is 0 Å². The van der Waals surface area contributed by atoms with Crippen molar-refractivity contribution in [3.63, 3.8) is 0 Å². The second-order valence-electron chi connectivity index (χ2n) is 6.67. The van der Waals surface area contributed by atoms with Crippen LogP contribution in [0.3, 0.4) is 0 Å². The van der Waals surface area contributed by atoms with E-state index in [0.717, 1.165) is 0 Å². The van der Waals surface area contributed by atoms with E-state index in [1.807, 2.05) is 6.92 Å². The maximum absolute atomic E-state index is 10.4. The molecular weight excluding hydrogens is 368 g/mol. The summed E-state index contributed by atoms with van der Waals surface area (Å²) in [5.74, 6) is 0.232. The fourth-order valence-corrected chi connectivity index (χ4v) is 3.14. The Morgan fingerprint density at radius 1 is 1.29 bits per heavy atom. The Labute approximate surface area is 159 Å². The first-order chi connectivity index (χ1) is 13.5. The Hall–Kier alpha value is -2.80. The maximum atomic E-state index is 10.4. The summed E-state index contributed by atoms with van der Waals surface area (Å²) in [5.41, 5.74) is 9.78. The molecule has 1 saturated heterocycles. The van der Waals surface area contributed by atoms with Gasteiger partial charge in [-0.15, -0.1) is 0 Å². The van der Waals surface area contributed by atoms with Crippen LogP contribution in [0.4, 0.5) is 5.82 Å². The van der Waals surface area contributed by atoms with Crippen LogP contribution >= 0.6 is 0 Å². The zero-order valence-corrected chi connectivity index (χ0v) is 15.2. The third kappa shape index (κ3) is 3.49. The van der Waals surface area contributed by atoms with E-state index in [4.69, 9.17) is 15.2 Å². The fraction of sp³-hybridized carbons (Fsp3) is 0.500. The van der Waals surface area contributed by atoms with Crippen molar-refractivity contribution in [1.82, 2.24) is 29.2 Å². The van der Waals surface area contributed by atoms with E-state index in [1.54, 1.807) is 23.4 Å². The number of nitrogens with zero attached hydrogens (tertiary/aromatic N) is 6. The molecule has 0 saturated carbocycles. The Balaban J connectivity index is 1.37. The minimum absolute atomic E-state index is 0.00531. The van der Waals surface area contributed by atoms with Crippen molar-refractivity contribution in [1.29, 1.82) is 0 Å². The Morgan fingerprint density at radius 3 is 2.93 bits per heavy atom. The molecule has 12 heteroatoms. The number of ether oxygens (including phenoxy) is 2. The second kappa shape index (κ2) is 7.67. The van der Waals surface area contributed by atoms with Gasteiger partial charge >= 0.3 is 0 Å². The minimum atomic E-state index is -1.16. The molecule has 28 heavy (non-hydrogen) atoms. The molecule has 0 bridgehead atoms. The topological polar surface area (TPSA) is 158 Å². The number of nitrogen functional groups attached to an aromatic ring is 1. The van der Waals surface area contributed by atoms with Gasteiger partial charge in [-0.2, -0.15) is 0 Å². The monoisotopic (exact) mass is 390 g/mol. The molecule has 5 atom stereocenters. The van der Waals surface area contributed by atoms with E-state index in [1.165, 1.54) is 17.2 Å². The van der Waals surface area contributed by atoms with E-state index in [2.05, 4.69) is 25.4 Å². The molecule has 0 aliphatic carbocycles. The first-order valence-electron chi connectivity index (χ1n) is 8.81. The molecule has 0 amide bonds. The zero-order valence-electron chi connectivity index (χ0n) is 15.2. The molecule has 1 aliphatic heterocycles. The third-order valence-electron chi connectivity index (χ3n) is 4.52. The molecule has 5 N–H and O–H groups in total. The van der Waals surface area contributed by atoms with Crippen LogP contribution in [-0.2, 0) is 9.47 Å². The summed E-state index contributed by atoms with van der Waals surface area (Å²) < 4.78 is 14.7. The molecule has 12 nitrogen and oxygen atoms in total. The van der Waals surface area contributed by atoms with E-state index in [9.17, 15) is 10.2 Å². The number of hydrogen-bond acceptors (Lipinski definition) is 10. The smallest absolute Gasteiger partial charge is 0.167 e. The zero-order chi connectivity index (χ0) is 19.7. The highest BCUT2D eigenvalue weighted by Crippen LogP contribution is 2.32. The van der Waals surface area contributed by atoms with Crippen LogP contribution in [0.25, 0.3) is 11.2 Å². The van der Waals surface area contributed by atoms with E-state index >= 15 is 0 Å². The summed E-state index contributed by atoms with van der Waals surface area (Å²) in [6.45, 7) is 2.45. The normalized spacial score (nSPS) is 26.0. The van der Waals surface area contributed by atoms with Gasteiger partial charge < -0.3 is 30.8 Å². The molecule has 4 rings (SSSR count). The lowest BCUT2D eigenvalue weighted by Gasteiger charge is -2.19. The minimum Gasteiger partial charge on any atom is -0.387 e. The van der Waals surface area contributed by atoms with E-state index in [0.29, 0.717) is 17.8 Å². The predicted octanol–water partition coefficient (Wildman–Crippen LogP) is -1.13. The number of fused-ring (bicyclic) bond motifs is 1. The fourth-order valence-electron chi connectivity index (χ4n) is 3.14. The molecular formula is C16H22N8O4. The number of hydrogen-bond donors (Lipinski definition) is 4. The van der Waals surface area contributed by atoms with Gasteiger partial charge in [0.1, 0.15) is 36.5 Å².